The molecule has 0 spiro atoms. The molecule has 96 valence electrons. The third kappa shape index (κ3) is 5.73. The quantitative estimate of drug-likeness (QED) is 0.849. The number of hydrogen-bond donors (Lipinski definition) is 1. The lowest BCUT2D eigenvalue weighted by atomic mass is 9.85. The summed E-state index contributed by atoms with van der Waals surface area (Å²) in [7, 11) is 0. The number of nitrogens with two attached hydrogens (primary N) is 1. The number of ether oxygens (including phenoxy) is 1. The van der Waals surface area contributed by atoms with Gasteiger partial charge in [0.05, 0.1) is 6.61 Å². The molecule has 1 aromatic rings. The highest BCUT2D eigenvalue weighted by Gasteiger charge is 2.18. The molecule has 0 heterocycles. The molecule has 0 aliphatic carbocycles. The van der Waals surface area contributed by atoms with Crippen molar-refractivity contribution < 1.29 is 4.74 Å². The fraction of sp³-hybridized carbons (Fsp3) is 0.600. The molecule has 1 aromatic carbocycles. The summed E-state index contributed by atoms with van der Waals surface area (Å²) in [4.78, 5) is 0. The zero-order chi connectivity index (χ0) is 12.9. The molecule has 2 N–H and O–H groups in total. The molecule has 17 heavy (non-hydrogen) atoms. The standard InChI is InChI=1S/C15H25NO/c1-12-5-7-14(8-6-12)17-11-13(10-16)9-15(2,3)4/h5-8,13H,9-11,16H2,1-4H3. The largest absolute Gasteiger partial charge is 0.493 e. The fourth-order valence-electron chi connectivity index (χ4n) is 1.92. The van der Waals surface area contributed by atoms with Crippen molar-refractivity contribution in [2.24, 2.45) is 17.1 Å². The summed E-state index contributed by atoms with van der Waals surface area (Å²) in [6, 6.07) is 8.16. The normalized spacial score (nSPS) is 13.5. The van der Waals surface area contributed by atoms with Crippen molar-refractivity contribution >= 4 is 0 Å². The molecular weight excluding hydrogens is 210 g/mol. The van der Waals surface area contributed by atoms with E-state index in [1.165, 1.54) is 5.56 Å². The van der Waals surface area contributed by atoms with Crippen LogP contribution < -0.4 is 10.5 Å². The number of aryl methyl sites for hydroxylation is 1. The van der Waals surface area contributed by atoms with Crippen LogP contribution in [0.15, 0.2) is 24.3 Å². The monoisotopic (exact) mass is 235 g/mol. The third-order valence-corrected chi connectivity index (χ3v) is 2.74. The summed E-state index contributed by atoms with van der Waals surface area (Å²) in [6.07, 6.45) is 1.09. The maximum atomic E-state index is 5.79. The van der Waals surface area contributed by atoms with E-state index in [1.54, 1.807) is 0 Å². The Morgan fingerprint density at radius 3 is 2.24 bits per heavy atom. The van der Waals surface area contributed by atoms with Gasteiger partial charge in [0.2, 0.25) is 0 Å². The van der Waals surface area contributed by atoms with Gasteiger partial charge in [0.15, 0.2) is 0 Å². The first-order valence-corrected chi connectivity index (χ1v) is 6.30. The van der Waals surface area contributed by atoms with Crippen molar-refractivity contribution in [3.8, 4) is 5.75 Å². The SMILES string of the molecule is Cc1ccc(OCC(CN)CC(C)(C)C)cc1. The van der Waals surface area contributed by atoms with Gasteiger partial charge in [0.1, 0.15) is 5.75 Å². The summed E-state index contributed by atoms with van der Waals surface area (Å²) in [5, 5.41) is 0. The highest BCUT2D eigenvalue weighted by atomic mass is 16.5. The summed E-state index contributed by atoms with van der Waals surface area (Å²) in [5.74, 6) is 1.36. The van der Waals surface area contributed by atoms with Crippen molar-refractivity contribution in [3.63, 3.8) is 0 Å². The molecule has 1 atom stereocenters. The third-order valence-electron chi connectivity index (χ3n) is 2.74. The molecule has 1 rings (SSSR count). The van der Waals surface area contributed by atoms with Crippen LogP contribution in [-0.4, -0.2) is 13.2 Å². The smallest absolute Gasteiger partial charge is 0.119 e. The lowest BCUT2D eigenvalue weighted by Gasteiger charge is -2.25. The lowest BCUT2D eigenvalue weighted by molar-refractivity contribution is 0.199. The second kappa shape index (κ2) is 6.06. The average Bonchev–Trinajstić information content (AvgIpc) is 2.25. The topological polar surface area (TPSA) is 35.2 Å². The second-order valence-corrected chi connectivity index (χ2v) is 5.99. The molecule has 2 heteroatoms. The Kier molecular flexibility index (Phi) is 5.01. The molecule has 0 bridgehead atoms. The molecule has 0 aliphatic heterocycles. The van der Waals surface area contributed by atoms with Gasteiger partial charge < -0.3 is 10.5 Å². The molecule has 0 saturated heterocycles. The summed E-state index contributed by atoms with van der Waals surface area (Å²) in [6.45, 7) is 10.2. The Morgan fingerprint density at radius 2 is 1.76 bits per heavy atom. The average molecular weight is 235 g/mol. The van der Waals surface area contributed by atoms with Gasteiger partial charge in [-0.25, -0.2) is 0 Å². The maximum Gasteiger partial charge on any atom is 0.119 e. The van der Waals surface area contributed by atoms with Gasteiger partial charge in [0.25, 0.3) is 0 Å². The minimum absolute atomic E-state index is 0.306. The van der Waals surface area contributed by atoms with E-state index in [1.807, 2.05) is 12.1 Å². The van der Waals surface area contributed by atoms with Crippen LogP contribution >= 0.6 is 0 Å². The van der Waals surface area contributed by atoms with Crippen LogP contribution in [0, 0.1) is 18.3 Å². The van der Waals surface area contributed by atoms with Gasteiger partial charge in [-0.1, -0.05) is 38.5 Å². The van der Waals surface area contributed by atoms with Crippen molar-refractivity contribution in [3.05, 3.63) is 29.8 Å². The van der Waals surface area contributed by atoms with Gasteiger partial charge in [-0.3, -0.25) is 0 Å². The molecule has 0 aliphatic rings. The van der Waals surface area contributed by atoms with E-state index in [0.717, 1.165) is 12.2 Å². The van der Waals surface area contributed by atoms with E-state index in [2.05, 4.69) is 39.8 Å². The minimum Gasteiger partial charge on any atom is -0.493 e. The molecule has 0 amide bonds. The molecule has 0 radical (unpaired) electrons. The maximum absolute atomic E-state index is 5.79. The van der Waals surface area contributed by atoms with Gasteiger partial charge >= 0.3 is 0 Å². The Labute approximate surface area is 105 Å². The Bertz CT molecular complexity index is 324. The first-order chi connectivity index (χ1) is 7.90. The minimum atomic E-state index is 0.306. The second-order valence-electron chi connectivity index (χ2n) is 5.99. The molecular formula is C15H25NO. The van der Waals surface area contributed by atoms with E-state index < -0.39 is 0 Å². The summed E-state index contributed by atoms with van der Waals surface area (Å²) < 4.78 is 5.78. The number of rotatable bonds is 5. The number of benzene rings is 1. The molecule has 0 aromatic heterocycles. The molecule has 0 saturated carbocycles. The number of hydrogen-bond acceptors (Lipinski definition) is 2. The molecule has 2 nitrogen and oxygen atoms in total. The van der Waals surface area contributed by atoms with Crippen molar-refractivity contribution in [1.29, 1.82) is 0 Å². The van der Waals surface area contributed by atoms with Crippen LogP contribution in [0.1, 0.15) is 32.8 Å². The van der Waals surface area contributed by atoms with E-state index in [9.17, 15) is 0 Å². The summed E-state index contributed by atoms with van der Waals surface area (Å²) in [5.41, 5.74) is 7.35. The van der Waals surface area contributed by atoms with Gasteiger partial charge in [0, 0.05) is 5.92 Å². The van der Waals surface area contributed by atoms with Gasteiger partial charge in [-0.15, -0.1) is 0 Å². The zero-order valence-corrected chi connectivity index (χ0v) is 11.5. The lowest BCUT2D eigenvalue weighted by Crippen LogP contribution is -2.26. The first kappa shape index (κ1) is 14.0. The van der Waals surface area contributed by atoms with Crippen molar-refractivity contribution in [2.75, 3.05) is 13.2 Å². The zero-order valence-electron chi connectivity index (χ0n) is 11.5. The van der Waals surface area contributed by atoms with E-state index in [-0.39, 0.29) is 0 Å². The Hall–Kier alpha value is -1.02. The van der Waals surface area contributed by atoms with Gasteiger partial charge in [-0.05, 0) is 37.4 Å². The highest BCUT2D eigenvalue weighted by molar-refractivity contribution is 5.26. The van der Waals surface area contributed by atoms with E-state index in [4.69, 9.17) is 10.5 Å². The first-order valence-electron chi connectivity index (χ1n) is 6.30. The van der Waals surface area contributed by atoms with Crippen LogP contribution in [0.2, 0.25) is 0 Å². The van der Waals surface area contributed by atoms with Gasteiger partial charge in [-0.2, -0.15) is 0 Å². The predicted molar refractivity (Wildman–Crippen MR) is 73.3 cm³/mol. The van der Waals surface area contributed by atoms with Crippen molar-refractivity contribution in [1.82, 2.24) is 0 Å². The van der Waals surface area contributed by atoms with E-state index >= 15 is 0 Å². The Morgan fingerprint density at radius 1 is 1.18 bits per heavy atom. The summed E-state index contributed by atoms with van der Waals surface area (Å²) >= 11 is 0. The van der Waals surface area contributed by atoms with Crippen LogP contribution in [0.5, 0.6) is 5.75 Å². The molecule has 1 unspecified atom stereocenters. The predicted octanol–water partition coefficient (Wildman–Crippen LogP) is 3.38. The molecule has 0 fully saturated rings. The van der Waals surface area contributed by atoms with Crippen LogP contribution in [0.4, 0.5) is 0 Å². The Balaban J connectivity index is 2.45. The van der Waals surface area contributed by atoms with E-state index in [0.29, 0.717) is 24.5 Å². The fourth-order valence-corrected chi connectivity index (χ4v) is 1.92. The highest BCUT2D eigenvalue weighted by Crippen LogP contribution is 2.24. The van der Waals surface area contributed by atoms with Crippen molar-refractivity contribution in [2.45, 2.75) is 34.1 Å². The van der Waals surface area contributed by atoms with Crippen LogP contribution in [-0.2, 0) is 0 Å². The van der Waals surface area contributed by atoms with Crippen LogP contribution in [0.3, 0.4) is 0 Å². The van der Waals surface area contributed by atoms with Crippen LogP contribution in [0.25, 0.3) is 0 Å².